The van der Waals surface area contributed by atoms with Crippen molar-refractivity contribution in [1.29, 1.82) is 0 Å². The third-order valence-corrected chi connectivity index (χ3v) is 7.18. The Morgan fingerprint density at radius 3 is 2.23 bits per heavy atom. The third kappa shape index (κ3) is 4.63. The summed E-state index contributed by atoms with van der Waals surface area (Å²) in [6.07, 6.45) is 1.28. The first kappa shape index (κ1) is 23.7. The van der Waals surface area contributed by atoms with Gasteiger partial charge in [-0.1, -0.05) is 41.4 Å². The summed E-state index contributed by atoms with van der Waals surface area (Å²) in [6.45, 7) is 4.31. The SMILES string of the molecule is COc1ccc(-c2c(Nc3ccc(Br)cc3)c3c(n2-c2ccc(Cl)cc2)CC(C)(C)CC3=O)cc1. The van der Waals surface area contributed by atoms with Crippen molar-refractivity contribution in [3.8, 4) is 22.7 Å². The predicted molar refractivity (Wildman–Crippen MR) is 147 cm³/mol. The Kier molecular flexibility index (Phi) is 6.24. The summed E-state index contributed by atoms with van der Waals surface area (Å²) >= 11 is 9.74. The number of fused-ring (bicyclic) bond motifs is 1. The van der Waals surface area contributed by atoms with Gasteiger partial charge in [0.25, 0.3) is 0 Å². The molecule has 0 bridgehead atoms. The number of carbonyl (C=O) groups excluding carboxylic acids is 1. The molecule has 1 N–H and O–H groups in total. The fourth-order valence-corrected chi connectivity index (χ4v) is 5.21. The molecule has 0 spiro atoms. The minimum absolute atomic E-state index is 0.140. The lowest BCUT2D eigenvalue weighted by atomic mass is 9.76. The number of hydrogen-bond acceptors (Lipinski definition) is 3. The van der Waals surface area contributed by atoms with Crippen LogP contribution >= 0.6 is 27.5 Å². The predicted octanol–water partition coefficient (Wildman–Crippen LogP) is 8.47. The van der Waals surface area contributed by atoms with E-state index in [9.17, 15) is 4.79 Å². The van der Waals surface area contributed by atoms with Crippen LogP contribution in [0.1, 0.15) is 36.3 Å². The number of nitrogens with one attached hydrogen (secondary N) is 1. The first-order valence-electron chi connectivity index (χ1n) is 11.5. The van der Waals surface area contributed by atoms with Crippen LogP contribution in [0.5, 0.6) is 5.75 Å². The quantitative estimate of drug-likeness (QED) is 0.271. The van der Waals surface area contributed by atoms with Crippen LogP contribution in [0.2, 0.25) is 5.02 Å². The molecule has 0 unspecified atom stereocenters. The van der Waals surface area contributed by atoms with Gasteiger partial charge >= 0.3 is 0 Å². The maximum atomic E-state index is 13.6. The van der Waals surface area contributed by atoms with Gasteiger partial charge in [-0.25, -0.2) is 0 Å². The van der Waals surface area contributed by atoms with Gasteiger partial charge in [0.05, 0.1) is 24.1 Å². The lowest BCUT2D eigenvalue weighted by molar-refractivity contribution is 0.0912. The van der Waals surface area contributed by atoms with Crippen LogP contribution in [0.15, 0.2) is 77.3 Å². The van der Waals surface area contributed by atoms with Crippen molar-refractivity contribution in [3.63, 3.8) is 0 Å². The maximum Gasteiger partial charge on any atom is 0.167 e. The van der Waals surface area contributed by atoms with Crippen LogP contribution in [0, 0.1) is 5.41 Å². The third-order valence-electron chi connectivity index (χ3n) is 6.39. The standard InChI is InChI=1S/C29H26BrClN2O2/c1-29(2)16-24-26(25(34)17-29)27(32-21-10-6-19(30)7-11-21)28(18-4-14-23(35-3)15-5-18)33(24)22-12-8-20(31)9-13-22/h4-15,32H,16-17H2,1-3H3. The summed E-state index contributed by atoms with van der Waals surface area (Å²) in [6, 6.07) is 23.7. The molecule has 1 aliphatic carbocycles. The van der Waals surface area contributed by atoms with E-state index in [2.05, 4.69) is 39.7 Å². The smallest absolute Gasteiger partial charge is 0.167 e. The molecule has 4 nitrogen and oxygen atoms in total. The van der Waals surface area contributed by atoms with E-state index in [1.165, 1.54) is 0 Å². The van der Waals surface area contributed by atoms with Gasteiger partial charge in [-0.2, -0.15) is 0 Å². The molecule has 0 saturated heterocycles. The molecule has 0 amide bonds. The van der Waals surface area contributed by atoms with Crippen LogP contribution in [-0.2, 0) is 6.42 Å². The first-order valence-corrected chi connectivity index (χ1v) is 12.7. The van der Waals surface area contributed by atoms with Crippen molar-refractivity contribution in [2.45, 2.75) is 26.7 Å². The second-order valence-corrected chi connectivity index (χ2v) is 11.0. The van der Waals surface area contributed by atoms with Gasteiger partial charge in [0.1, 0.15) is 5.75 Å². The lowest BCUT2D eigenvalue weighted by Crippen LogP contribution is -2.28. The monoisotopic (exact) mass is 548 g/mol. The van der Waals surface area contributed by atoms with E-state index in [1.807, 2.05) is 72.8 Å². The van der Waals surface area contributed by atoms with Crippen LogP contribution < -0.4 is 10.1 Å². The number of methoxy groups -OCH3 is 1. The minimum atomic E-state index is -0.140. The molecule has 6 heteroatoms. The van der Waals surface area contributed by atoms with E-state index >= 15 is 0 Å². The Hall–Kier alpha value is -3.02. The number of ketones is 1. The van der Waals surface area contributed by atoms with Crippen LogP contribution in [0.4, 0.5) is 11.4 Å². The molecule has 1 heterocycles. The largest absolute Gasteiger partial charge is 0.497 e. The van der Waals surface area contributed by atoms with Crippen molar-refractivity contribution >= 4 is 44.7 Å². The molecular formula is C29H26BrClN2O2. The number of ether oxygens (including phenoxy) is 1. The van der Waals surface area contributed by atoms with Crippen LogP contribution in [0.25, 0.3) is 16.9 Å². The highest BCUT2D eigenvalue weighted by molar-refractivity contribution is 9.10. The van der Waals surface area contributed by atoms with E-state index in [1.54, 1.807) is 7.11 Å². The summed E-state index contributed by atoms with van der Waals surface area (Å²) < 4.78 is 8.61. The fraction of sp³-hybridized carbons (Fsp3) is 0.207. The van der Waals surface area contributed by atoms with Gasteiger partial charge in [-0.05, 0) is 84.6 Å². The zero-order chi connectivity index (χ0) is 24.7. The van der Waals surface area contributed by atoms with Gasteiger partial charge in [-0.3, -0.25) is 4.79 Å². The van der Waals surface area contributed by atoms with E-state index in [4.69, 9.17) is 16.3 Å². The van der Waals surface area contributed by atoms with E-state index < -0.39 is 0 Å². The zero-order valence-corrected chi connectivity index (χ0v) is 22.2. The first-order chi connectivity index (χ1) is 16.8. The lowest BCUT2D eigenvalue weighted by Gasteiger charge is -2.30. The van der Waals surface area contributed by atoms with E-state index in [-0.39, 0.29) is 11.2 Å². The highest BCUT2D eigenvalue weighted by atomic mass is 79.9. The molecule has 4 aromatic rings. The highest BCUT2D eigenvalue weighted by Gasteiger charge is 2.38. The number of aromatic nitrogens is 1. The molecule has 3 aromatic carbocycles. The van der Waals surface area contributed by atoms with Crippen molar-refractivity contribution in [3.05, 3.63) is 93.5 Å². The number of nitrogens with zero attached hydrogens (tertiary/aromatic N) is 1. The number of Topliss-reactive ketones (excluding diaryl/α,β-unsaturated/α-hetero) is 1. The normalized spacial score (nSPS) is 14.5. The molecule has 35 heavy (non-hydrogen) atoms. The molecule has 1 aliphatic rings. The second kappa shape index (κ2) is 9.21. The minimum Gasteiger partial charge on any atom is -0.497 e. The van der Waals surface area contributed by atoms with Crippen molar-refractivity contribution in [2.24, 2.45) is 5.41 Å². The highest BCUT2D eigenvalue weighted by Crippen LogP contribution is 2.47. The molecule has 0 radical (unpaired) electrons. The summed E-state index contributed by atoms with van der Waals surface area (Å²) in [5, 5.41) is 4.27. The van der Waals surface area contributed by atoms with Gasteiger partial charge < -0.3 is 14.6 Å². The second-order valence-electron chi connectivity index (χ2n) is 9.66. The van der Waals surface area contributed by atoms with E-state index in [0.29, 0.717) is 11.4 Å². The van der Waals surface area contributed by atoms with Crippen LogP contribution in [0.3, 0.4) is 0 Å². The van der Waals surface area contributed by atoms with Gasteiger partial charge in [-0.15, -0.1) is 0 Å². The molecule has 0 fully saturated rings. The average molecular weight is 550 g/mol. The topological polar surface area (TPSA) is 43.3 Å². The van der Waals surface area contributed by atoms with Crippen molar-refractivity contribution in [2.75, 3.05) is 12.4 Å². The van der Waals surface area contributed by atoms with E-state index in [0.717, 1.165) is 56.2 Å². The number of rotatable bonds is 5. The summed E-state index contributed by atoms with van der Waals surface area (Å²) in [5.74, 6) is 0.932. The number of benzene rings is 3. The summed E-state index contributed by atoms with van der Waals surface area (Å²) in [4.78, 5) is 13.6. The fourth-order valence-electron chi connectivity index (χ4n) is 4.82. The number of halogens is 2. The zero-order valence-electron chi connectivity index (χ0n) is 19.9. The average Bonchev–Trinajstić information content (AvgIpc) is 3.14. The molecule has 0 saturated carbocycles. The molecule has 0 aliphatic heterocycles. The number of anilines is 2. The van der Waals surface area contributed by atoms with Crippen molar-refractivity contribution in [1.82, 2.24) is 4.57 Å². The Morgan fingerprint density at radius 2 is 1.60 bits per heavy atom. The maximum absolute atomic E-state index is 13.6. The summed E-state index contributed by atoms with van der Waals surface area (Å²) in [5.41, 5.74) is 6.25. The molecule has 5 rings (SSSR count). The van der Waals surface area contributed by atoms with Crippen molar-refractivity contribution < 1.29 is 9.53 Å². The summed E-state index contributed by atoms with van der Waals surface area (Å²) in [7, 11) is 1.66. The Bertz CT molecular complexity index is 1390. The number of carbonyl (C=O) groups is 1. The Balaban J connectivity index is 1.82. The Morgan fingerprint density at radius 1 is 0.943 bits per heavy atom. The molecule has 0 atom stereocenters. The molecule has 1 aromatic heterocycles. The molecular weight excluding hydrogens is 524 g/mol. The van der Waals surface area contributed by atoms with Gasteiger partial charge in [0.2, 0.25) is 0 Å². The van der Waals surface area contributed by atoms with Gasteiger partial charge in [0.15, 0.2) is 5.78 Å². The van der Waals surface area contributed by atoms with Gasteiger partial charge in [0, 0.05) is 38.5 Å². The van der Waals surface area contributed by atoms with Crippen LogP contribution in [-0.4, -0.2) is 17.5 Å². The Labute approximate surface area is 219 Å². The number of hydrogen-bond donors (Lipinski definition) is 1. The molecule has 178 valence electrons.